The molecule has 0 heterocycles. The number of ketones is 1. The number of ether oxygens (including phenoxy) is 6. The quantitative estimate of drug-likeness (QED) is 0.0291. The van der Waals surface area contributed by atoms with Crippen LogP contribution in [0.3, 0.4) is 0 Å². The monoisotopic (exact) mass is 1270 g/mol. The van der Waals surface area contributed by atoms with Crippen LogP contribution in [0.4, 0.5) is 22.4 Å². The van der Waals surface area contributed by atoms with E-state index >= 15 is 17.6 Å². The second-order valence-electron chi connectivity index (χ2n) is 20.0. The van der Waals surface area contributed by atoms with Gasteiger partial charge in [-0.15, -0.1) is 0 Å². The number of amides is 2. The van der Waals surface area contributed by atoms with E-state index in [1.165, 1.54) is 0 Å². The first-order valence-corrected chi connectivity index (χ1v) is 31.3. The van der Waals surface area contributed by atoms with Gasteiger partial charge in [0.2, 0.25) is 10.0 Å². The standard InChI is InChI=1S/C55H69Cl4F4N5O12S2/c1-67(2)49-32-39-41(24-34(56)26-43(39)58)51(49)79-53-45(60)28-37(29-46(53)61)81(71,72)23-9-16-76-20-21-77-17-13-65-55(70)64-12-7-5-6-10-36(69)11-8-15-75-19-22-78-18-14-66-82(73,74)38-30-47(62)54(48(63)31-38)80-52-42-25-35(57)27-44(59)40(42)33-50(52)68(3)4/h24-31,49-52,66H,5-23,32-33H2,1-4H3,(H2,64,65,70)/t49-,50-,51-,52-/m0/s1. The first kappa shape index (κ1) is 67.1. The molecule has 3 N–H and O–H groups in total. The van der Waals surface area contributed by atoms with E-state index < -0.39 is 82.4 Å². The molecule has 0 saturated heterocycles. The van der Waals surface area contributed by atoms with Crippen LogP contribution in [0.1, 0.15) is 79.4 Å². The normalized spacial score (nSPS) is 16.9. The van der Waals surface area contributed by atoms with E-state index in [1.807, 2.05) is 9.80 Å². The number of fused-ring (bicyclic) bond motifs is 2. The van der Waals surface area contributed by atoms with Crippen molar-refractivity contribution in [3.63, 3.8) is 0 Å². The molecule has 0 aromatic heterocycles. The second kappa shape index (κ2) is 31.9. The molecule has 454 valence electrons. The zero-order valence-electron chi connectivity index (χ0n) is 45.9. The maximum Gasteiger partial charge on any atom is 0.314 e. The van der Waals surface area contributed by atoms with Gasteiger partial charge in [-0.1, -0.05) is 52.8 Å². The summed E-state index contributed by atoms with van der Waals surface area (Å²) in [6, 6.07) is 8.31. The largest absolute Gasteiger partial charge is 0.478 e. The van der Waals surface area contributed by atoms with Gasteiger partial charge in [0, 0.05) is 76.9 Å². The SMILES string of the molecule is CN(C)[C@H]1Cc2c(Cl)cc(Cl)cc2[C@@H]1Oc1c(F)cc(S(=O)(=O)CCCOCCOCCNC(=O)NCCCCCC(=O)CCCOCCOCCNS(=O)(=O)c2cc(F)c(O[C@H]3c4cc(Cl)cc(Cl)c4C[C@@H]3N(C)C)c(F)c2)cc1F. The van der Waals surface area contributed by atoms with Gasteiger partial charge in [0.15, 0.2) is 44.6 Å². The summed E-state index contributed by atoms with van der Waals surface area (Å²) in [4.78, 5) is 27.0. The van der Waals surface area contributed by atoms with Crippen LogP contribution in [0.25, 0.3) is 0 Å². The number of hydrogen-bond acceptors (Lipinski definition) is 14. The van der Waals surface area contributed by atoms with Crippen molar-refractivity contribution in [3.05, 3.63) is 114 Å². The van der Waals surface area contributed by atoms with E-state index in [2.05, 4.69) is 15.4 Å². The minimum absolute atomic E-state index is 0.0399. The van der Waals surface area contributed by atoms with Gasteiger partial charge < -0.3 is 48.9 Å². The Balaban J connectivity index is 0.722. The van der Waals surface area contributed by atoms with Crippen LogP contribution in [0.5, 0.6) is 11.5 Å². The fraction of sp³-hybridized carbons (Fsp3) is 0.527. The summed E-state index contributed by atoms with van der Waals surface area (Å²) in [6.45, 7) is 1.70. The number of sulfonamides is 1. The van der Waals surface area contributed by atoms with Crippen molar-refractivity contribution in [3.8, 4) is 11.5 Å². The van der Waals surface area contributed by atoms with Crippen LogP contribution < -0.4 is 24.8 Å². The molecule has 0 fully saturated rings. The predicted molar refractivity (Wildman–Crippen MR) is 304 cm³/mol. The summed E-state index contributed by atoms with van der Waals surface area (Å²) in [5.74, 6) is -6.47. The Kier molecular flexibility index (Phi) is 26.1. The molecular weight excluding hydrogens is 1200 g/mol. The summed E-state index contributed by atoms with van der Waals surface area (Å²) >= 11 is 25.2. The molecule has 4 aromatic carbocycles. The van der Waals surface area contributed by atoms with Crippen LogP contribution in [0.2, 0.25) is 20.1 Å². The molecule has 0 saturated carbocycles. The van der Waals surface area contributed by atoms with Gasteiger partial charge in [0.1, 0.15) is 18.0 Å². The highest BCUT2D eigenvalue weighted by atomic mass is 35.5. The Morgan fingerprint density at radius 3 is 1.48 bits per heavy atom. The molecule has 0 bridgehead atoms. The predicted octanol–water partition coefficient (Wildman–Crippen LogP) is 9.49. The summed E-state index contributed by atoms with van der Waals surface area (Å²) in [6.07, 6.45) is 2.66. The summed E-state index contributed by atoms with van der Waals surface area (Å²) < 4.78 is 149. The zero-order chi connectivity index (χ0) is 59.7. The van der Waals surface area contributed by atoms with Gasteiger partial charge in [-0.05, 0) is 126 Å². The first-order chi connectivity index (χ1) is 39.0. The number of Topliss-reactive ketones (excluding diaryl/α,β-unsaturated/α-hetero) is 1. The summed E-state index contributed by atoms with van der Waals surface area (Å²) in [7, 11) is -1.19. The Morgan fingerprint density at radius 1 is 0.537 bits per heavy atom. The average Bonchev–Trinajstić information content (AvgIpc) is 4.09. The van der Waals surface area contributed by atoms with Crippen molar-refractivity contribution in [1.82, 2.24) is 25.2 Å². The molecule has 0 aliphatic heterocycles. The van der Waals surface area contributed by atoms with Crippen LogP contribution in [-0.2, 0) is 56.4 Å². The number of hydrogen-bond donors (Lipinski definition) is 3. The van der Waals surface area contributed by atoms with Crippen molar-refractivity contribution < 1.29 is 72.4 Å². The first-order valence-electron chi connectivity index (χ1n) is 26.6. The lowest BCUT2D eigenvalue weighted by Crippen LogP contribution is -2.37. The number of carbonyl (C=O) groups is 2. The van der Waals surface area contributed by atoms with Gasteiger partial charge in [-0.2, -0.15) is 0 Å². The van der Waals surface area contributed by atoms with Crippen LogP contribution >= 0.6 is 46.4 Å². The maximum atomic E-state index is 15.3. The van der Waals surface area contributed by atoms with Crippen molar-refractivity contribution in [1.29, 1.82) is 0 Å². The third kappa shape index (κ3) is 19.2. The van der Waals surface area contributed by atoms with Crippen LogP contribution in [-0.4, -0.2) is 157 Å². The number of urea groups is 1. The number of benzene rings is 4. The van der Waals surface area contributed by atoms with Crippen molar-refractivity contribution in [2.24, 2.45) is 0 Å². The maximum absolute atomic E-state index is 15.3. The van der Waals surface area contributed by atoms with Gasteiger partial charge in [0.25, 0.3) is 0 Å². The molecule has 2 aliphatic rings. The molecule has 6 rings (SSSR count). The van der Waals surface area contributed by atoms with Crippen molar-refractivity contribution in [2.45, 2.75) is 91.9 Å². The number of sulfone groups is 1. The number of likely N-dealkylation sites (N-methyl/N-ethyl adjacent to an activating group) is 2. The minimum atomic E-state index is -4.31. The fourth-order valence-electron chi connectivity index (χ4n) is 9.38. The average molecular weight is 1270 g/mol. The van der Waals surface area contributed by atoms with E-state index in [0.29, 0.717) is 101 Å². The highest BCUT2D eigenvalue weighted by molar-refractivity contribution is 7.91. The molecule has 0 radical (unpaired) electrons. The number of halogens is 8. The number of nitrogens with one attached hydrogen (secondary N) is 3. The molecule has 82 heavy (non-hydrogen) atoms. The summed E-state index contributed by atoms with van der Waals surface area (Å²) in [5.41, 5.74) is 2.68. The molecule has 4 aromatic rings. The summed E-state index contributed by atoms with van der Waals surface area (Å²) in [5, 5.41) is 6.93. The van der Waals surface area contributed by atoms with Gasteiger partial charge in [-0.25, -0.2) is 43.9 Å². The van der Waals surface area contributed by atoms with Gasteiger partial charge >= 0.3 is 6.03 Å². The van der Waals surface area contributed by atoms with E-state index in [-0.39, 0.29) is 89.7 Å². The molecule has 2 aliphatic carbocycles. The topological polar surface area (TPSA) is 200 Å². The van der Waals surface area contributed by atoms with E-state index in [0.717, 1.165) is 29.7 Å². The Bertz CT molecular complexity index is 2820. The lowest BCUT2D eigenvalue weighted by Gasteiger charge is -2.27. The molecule has 27 heteroatoms. The number of rotatable bonds is 35. The number of carbonyl (C=O) groups excluding carboxylic acids is 2. The molecule has 17 nitrogen and oxygen atoms in total. The number of unbranched alkanes of at least 4 members (excludes halogenated alkanes) is 2. The van der Waals surface area contributed by atoms with E-state index in [4.69, 9.17) is 74.8 Å². The Labute approximate surface area is 496 Å². The lowest BCUT2D eigenvalue weighted by atomic mass is 10.1. The Morgan fingerprint density at radius 2 is 0.976 bits per heavy atom. The highest BCUT2D eigenvalue weighted by Crippen LogP contribution is 2.45. The van der Waals surface area contributed by atoms with Crippen molar-refractivity contribution in [2.75, 3.05) is 106 Å². The van der Waals surface area contributed by atoms with Crippen molar-refractivity contribution >= 4 is 78.1 Å². The minimum Gasteiger partial charge on any atom is -0.478 e. The zero-order valence-corrected chi connectivity index (χ0v) is 50.6. The smallest absolute Gasteiger partial charge is 0.314 e. The molecular formula is C55H69Cl4F4N5O12S2. The van der Waals surface area contributed by atoms with E-state index in [9.17, 15) is 26.4 Å². The van der Waals surface area contributed by atoms with Crippen LogP contribution in [0, 0.1) is 23.3 Å². The lowest BCUT2D eigenvalue weighted by molar-refractivity contribution is -0.119. The van der Waals surface area contributed by atoms with Gasteiger partial charge in [-0.3, -0.25) is 4.79 Å². The Hall–Kier alpha value is -4.08. The van der Waals surface area contributed by atoms with E-state index in [1.54, 1.807) is 52.5 Å². The fourth-order valence-corrected chi connectivity index (χ4v) is 12.9. The molecule has 4 atom stereocenters. The molecule has 2 amide bonds. The molecule has 0 spiro atoms. The third-order valence-corrected chi connectivity index (χ3v) is 18.0. The van der Waals surface area contributed by atoms with Gasteiger partial charge in [0.05, 0.1) is 67.3 Å². The third-order valence-electron chi connectivity index (χ3n) is 13.6. The highest BCUT2D eigenvalue weighted by Gasteiger charge is 2.40. The van der Waals surface area contributed by atoms with Crippen LogP contribution in [0.15, 0.2) is 58.3 Å². The second-order valence-corrected chi connectivity index (χ2v) is 25.6. The molecule has 0 unspecified atom stereocenters. The number of nitrogens with zero attached hydrogens (tertiary/aromatic N) is 2.